The highest BCUT2D eigenvalue weighted by atomic mass is 79.9. The van der Waals surface area contributed by atoms with Crippen molar-refractivity contribution in [1.82, 2.24) is 5.32 Å². The van der Waals surface area contributed by atoms with Crippen molar-refractivity contribution in [3.63, 3.8) is 0 Å². The number of nitrogens with zero attached hydrogens (tertiary/aromatic N) is 2. The van der Waals surface area contributed by atoms with E-state index in [1.165, 1.54) is 47.3 Å². The zero-order valence-electron chi connectivity index (χ0n) is 10.5. The monoisotopic (exact) mass is 307 g/mol. The molecule has 0 aliphatic carbocycles. The molecule has 3 heterocycles. The van der Waals surface area contributed by atoms with Gasteiger partial charge in [-0.1, -0.05) is 6.07 Å². The summed E-state index contributed by atoms with van der Waals surface area (Å²) in [6, 6.07) is 5.21. The van der Waals surface area contributed by atoms with E-state index in [4.69, 9.17) is 0 Å². The van der Waals surface area contributed by atoms with Crippen molar-refractivity contribution in [2.24, 2.45) is 0 Å². The molecule has 1 aromatic carbocycles. The maximum atomic E-state index is 3.77. The minimum atomic E-state index is 0.724. The van der Waals surface area contributed by atoms with Crippen LogP contribution in [0.3, 0.4) is 0 Å². The molecule has 0 amide bonds. The molecule has 4 rings (SSSR count). The molecule has 96 valence electrons. The number of hydrogen-bond donors (Lipinski definition) is 1. The lowest BCUT2D eigenvalue weighted by atomic mass is 10.0. The van der Waals surface area contributed by atoms with Crippen LogP contribution in [0.1, 0.15) is 18.4 Å². The molecular formula is C14H18BrN3. The lowest BCUT2D eigenvalue weighted by Crippen LogP contribution is -2.47. The van der Waals surface area contributed by atoms with E-state index in [2.05, 4.69) is 43.2 Å². The number of hydrogen-bond acceptors (Lipinski definition) is 3. The summed E-state index contributed by atoms with van der Waals surface area (Å²) in [7, 11) is 0. The van der Waals surface area contributed by atoms with Crippen molar-refractivity contribution in [1.29, 1.82) is 0 Å². The van der Waals surface area contributed by atoms with E-state index in [1.807, 2.05) is 0 Å². The Kier molecular flexibility index (Phi) is 2.55. The molecule has 0 spiro atoms. The Hall–Kier alpha value is -0.740. The van der Waals surface area contributed by atoms with Crippen molar-refractivity contribution in [2.75, 3.05) is 36.0 Å². The van der Waals surface area contributed by atoms with Gasteiger partial charge in [0.2, 0.25) is 0 Å². The minimum absolute atomic E-state index is 0.724. The van der Waals surface area contributed by atoms with Crippen LogP contribution >= 0.6 is 15.9 Å². The van der Waals surface area contributed by atoms with Gasteiger partial charge in [0.05, 0.1) is 11.4 Å². The first-order chi connectivity index (χ1) is 8.84. The third-order valence-electron chi connectivity index (χ3n) is 4.47. The predicted octanol–water partition coefficient (Wildman–Crippen LogP) is 2.34. The standard InChI is InChI=1S/C14H18BrN3/c15-12-4-3-10-8-16-5-7-17-9-11-2-1-6-18(11)14(12)13(10)17/h3-4,11,16H,1-2,5-9H2. The first-order valence-corrected chi connectivity index (χ1v) is 7.67. The number of benzene rings is 1. The Labute approximate surface area is 116 Å². The SMILES string of the molecule is Brc1ccc2c3c1N1CCCC1CN3CCNC2. The van der Waals surface area contributed by atoms with E-state index >= 15 is 0 Å². The maximum absolute atomic E-state index is 3.77. The van der Waals surface area contributed by atoms with Crippen LogP contribution in [0, 0.1) is 0 Å². The first-order valence-electron chi connectivity index (χ1n) is 6.88. The van der Waals surface area contributed by atoms with Crippen molar-refractivity contribution in [2.45, 2.75) is 25.4 Å². The molecular weight excluding hydrogens is 290 g/mol. The molecule has 0 radical (unpaired) electrons. The van der Waals surface area contributed by atoms with Gasteiger partial charge in [-0.3, -0.25) is 0 Å². The molecule has 1 fully saturated rings. The zero-order chi connectivity index (χ0) is 12.1. The third-order valence-corrected chi connectivity index (χ3v) is 5.11. The Morgan fingerprint density at radius 1 is 1.22 bits per heavy atom. The molecule has 18 heavy (non-hydrogen) atoms. The fourth-order valence-electron chi connectivity index (χ4n) is 3.67. The van der Waals surface area contributed by atoms with Gasteiger partial charge in [-0.15, -0.1) is 0 Å². The van der Waals surface area contributed by atoms with E-state index in [-0.39, 0.29) is 0 Å². The summed E-state index contributed by atoms with van der Waals surface area (Å²) in [5, 5.41) is 3.53. The van der Waals surface area contributed by atoms with Crippen molar-refractivity contribution in [3.8, 4) is 0 Å². The van der Waals surface area contributed by atoms with Gasteiger partial charge in [0.25, 0.3) is 0 Å². The predicted molar refractivity (Wildman–Crippen MR) is 78.4 cm³/mol. The number of rotatable bonds is 0. The second-order valence-corrected chi connectivity index (χ2v) is 6.37. The number of halogens is 1. The van der Waals surface area contributed by atoms with E-state index in [9.17, 15) is 0 Å². The normalized spacial score (nSPS) is 25.7. The second kappa shape index (κ2) is 4.14. The van der Waals surface area contributed by atoms with Gasteiger partial charge in [-0.2, -0.15) is 0 Å². The lowest BCUT2D eigenvalue weighted by Gasteiger charge is -2.42. The fourth-order valence-corrected chi connectivity index (χ4v) is 4.22. The van der Waals surface area contributed by atoms with Crippen molar-refractivity contribution >= 4 is 27.3 Å². The lowest BCUT2D eigenvalue weighted by molar-refractivity contribution is 0.601. The quantitative estimate of drug-likeness (QED) is 0.794. The third kappa shape index (κ3) is 1.51. The van der Waals surface area contributed by atoms with Gasteiger partial charge < -0.3 is 15.1 Å². The van der Waals surface area contributed by atoms with Crippen LogP contribution in [0.5, 0.6) is 0 Å². The van der Waals surface area contributed by atoms with Gasteiger partial charge in [-0.05, 0) is 40.4 Å². The molecule has 3 aliphatic heterocycles. The molecule has 0 saturated carbocycles. The van der Waals surface area contributed by atoms with E-state index in [1.54, 1.807) is 0 Å². The van der Waals surface area contributed by atoms with Crippen LogP contribution in [-0.4, -0.2) is 32.2 Å². The Bertz CT molecular complexity index is 488. The molecule has 1 aromatic rings. The molecule has 3 aliphatic rings. The molecule has 1 N–H and O–H groups in total. The minimum Gasteiger partial charge on any atom is -0.366 e. The molecule has 0 bridgehead atoms. The molecule has 1 unspecified atom stereocenters. The van der Waals surface area contributed by atoms with E-state index in [0.717, 1.165) is 25.7 Å². The summed E-state index contributed by atoms with van der Waals surface area (Å²) in [5.41, 5.74) is 4.38. The molecule has 1 saturated heterocycles. The van der Waals surface area contributed by atoms with E-state index in [0.29, 0.717) is 0 Å². The smallest absolute Gasteiger partial charge is 0.0754 e. The van der Waals surface area contributed by atoms with Crippen LogP contribution in [0.4, 0.5) is 11.4 Å². The van der Waals surface area contributed by atoms with Crippen LogP contribution in [0.25, 0.3) is 0 Å². The number of anilines is 2. The van der Waals surface area contributed by atoms with Crippen molar-refractivity contribution in [3.05, 3.63) is 22.2 Å². The summed E-state index contributed by atoms with van der Waals surface area (Å²) < 4.78 is 1.26. The fraction of sp³-hybridized carbons (Fsp3) is 0.571. The van der Waals surface area contributed by atoms with Gasteiger partial charge in [0.1, 0.15) is 0 Å². The van der Waals surface area contributed by atoms with Gasteiger partial charge in [-0.25, -0.2) is 0 Å². The largest absolute Gasteiger partial charge is 0.366 e. The summed E-state index contributed by atoms with van der Waals surface area (Å²) in [6.07, 6.45) is 2.69. The summed E-state index contributed by atoms with van der Waals surface area (Å²) in [4.78, 5) is 5.23. The molecule has 1 atom stereocenters. The first kappa shape index (κ1) is 11.1. The Morgan fingerprint density at radius 3 is 3.11 bits per heavy atom. The van der Waals surface area contributed by atoms with Crippen LogP contribution in [0.15, 0.2) is 16.6 Å². The average molecular weight is 308 g/mol. The van der Waals surface area contributed by atoms with Crippen LogP contribution in [-0.2, 0) is 6.54 Å². The van der Waals surface area contributed by atoms with Gasteiger partial charge in [0.15, 0.2) is 0 Å². The second-order valence-electron chi connectivity index (χ2n) is 5.52. The highest BCUT2D eigenvalue weighted by molar-refractivity contribution is 9.10. The summed E-state index contributed by atoms with van der Waals surface area (Å²) in [5.74, 6) is 0. The maximum Gasteiger partial charge on any atom is 0.0754 e. The van der Waals surface area contributed by atoms with Crippen LogP contribution in [0.2, 0.25) is 0 Å². The topological polar surface area (TPSA) is 18.5 Å². The Balaban J connectivity index is 1.93. The highest BCUT2D eigenvalue weighted by Crippen LogP contribution is 2.46. The zero-order valence-corrected chi connectivity index (χ0v) is 12.0. The molecule has 3 nitrogen and oxygen atoms in total. The van der Waals surface area contributed by atoms with E-state index < -0.39 is 0 Å². The molecule has 4 heteroatoms. The van der Waals surface area contributed by atoms with Crippen LogP contribution < -0.4 is 15.1 Å². The number of nitrogens with one attached hydrogen (secondary N) is 1. The Morgan fingerprint density at radius 2 is 2.17 bits per heavy atom. The number of fused-ring (bicyclic) bond motifs is 2. The average Bonchev–Trinajstić information content (AvgIpc) is 2.74. The highest BCUT2D eigenvalue weighted by Gasteiger charge is 2.36. The molecule has 0 aromatic heterocycles. The van der Waals surface area contributed by atoms with Gasteiger partial charge in [0, 0.05) is 43.2 Å². The summed E-state index contributed by atoms with van der Waals surface area (Å²) in [6.45, 7) is 5.67. The summed E-state index contributed by atoms with van der Waals surface area (Å²) >= 11 is 3.77. The van der Waals surface area contributed by atoms with Gasteiger partial charge >= 0.3 is 0 Å². The van der Waals surface area contributed by atoms with Crippen molar-refractivity contribution < 1.29 is 0 Å².